The Kier molecular flexibility index (Phi) is 5.07. The van der Waals surface area contributed by atoms with Gasteiger partial charge in [0.05, 0.1) is 10.6 Å². The maximum absolute atomic E-state index is 13.5. The Bertz CT molecular complexity index is 652. The van der Waals surface area contributed by atoms with Crippen LogP contribution in [0, 0.1) is 11.6 Å². The van der Waals surface area contributed by atoms with E-state index >= 15 is 0 Å². The van der Waals surface area contributed by atoms with Gasteiger partial charge in [0.2, 0.25) is 0 Å². The summed E-state index contributed by atoms with van der Waals surface area (Å²) in [6.45, 7) is 4.12. The summed E-state index contributed by atoms with van der Waals surface area (Å²) in [5.41, 5.74) is 1.01. The van der Waals surface area contributed by atoms with Crippen molar-refractivity contribution in [3.05, 3.63) is 51.2 Å². The van der Waals surface area contributed by atoms with Gasteiger partial charge in [-0.1, -0.05) is 20.3 Å². The molecule has 0 radical (unpaired) electrons. The van der Waals surface area contributed by atoms with Gasteiger partial charge < -0.3 is 5.32 Å². The summed E-state index contributed by atoms with van der Waals surface area (Å²) < 4.78 is 26.6. The summed E-state index contributed by atoms with van der Waals surface area (Å²) in [4.78, 5) is 13.9. The minimum Gasteiger partial charge on any atom is -0.319 e. The summed E-state index contributed by atoms with van der Waals surface area (Å²) >= 11 is 1.42. The third-order valence-corrected chi connectivity index (χ3v) is 4.39. The average molecular weight is 309 g/mol. The highest BCUT2D eigenvalue weighted by molar-refractivity contribution is 7.14. The highest BCUT2D eigenvalue weighted by Gasteiger charge is 2.15. The third kappa shape index (κ3) is 3.67. The molecule has 1 heterocycles. The predicted octanol–water partition coefficient (Wildman–Crippen LogP) is 4.79. The molecule has 0 atom stereocenters. The number of rotatable bonds is 5. The Morgan fingerprint density at radius 3 is 2.67 bits per heavy atom. The van der Waals surface area contributed by atoms with E-state index in [1.807, 2.05) is 13.0 Å². The maximum atomic E-state index is 13.5. The third-order valence-electron chi connectivity index (χ3n) is 3.16. The van der Waals surface area contributed by atoms with E-state index in [-0.39, 0.29) is 5.69 Å². The van der Waals surface area contributed by atoms with Crippen molar-refractivity contribution < 1.29 is 13.6 Å². The summed E-state index contributed by atoms with van der Waals surface area (Å²) in [7, 11) is 0. The second kappa shape index (κ2) is 6.80. The van der Waals surface area contributed by atoms with Crippen molar-refractivity contribution in [1.29, 1.82) is 0 Å². The fourth-order valence-corrected chi connectivity index (χ4v) is 3.34. The lowest BCUT2D eigenvalue weighted by Crippen LogP contribution is -2.11. The van der Waals surface area contributed by atoms with E-state index in [1.165, 1.54) is 16.2 Å². The van der Waals surface area contributed by atoms with Crippen molar-refractivity contribution in [3.63, 3.8) is 0 Å². The van der Waals surface area contributed by atoms with Crippen LogP contribution in [0.4, 0.5) is 14.5 Å². The smallest absolute Gasteiger partial charge is 0.265 e. The monoisotopic (exact) mass is 309 g/mol. The number of amides is 1. The zero-order valence-electron chi connectivity index (χ0n) is 12.0. The Morgan fingerprint density at radius 2 is 2.00 bits per heavy atom. The molecule has 0 saturated heterocycles. The Balaban J connectivity index is 2.22. The van der Waals surface area contributed by atoms with Crippen LogP contribution in [0.15, 0.2) is 24.3 Å². The summed E-state index contributed by atoms with van der Waals surface area (Å²) in [5, 5.41) is 2.43. The second-order valence-corrected chi connectivity index (χ2v) is 5.88. The minimum atomic E-state index is -0.647. The van der Waals surface area contributed by atoms with E-state index in [9.17, 15) is 13.6 Å². The summed E-state index contributed by atoms with van der Waals surface area (Å²) in [5.74, 6) is -1.63. The number of hydrogen-bond acceptors (Lipinski definition) is 2. The van der Waals surface area contributed by atoms with Crippen molar-refractivity contribution in [1.82, 2.24) is 0 Å². The molecule has 0 spiro atoms. The zero-order valence-corrected chi connectivity index (χ0v) is 12.8. The van der Waals surface area contributed by atoms with Crippen LogP contribution < -0.4 is 5.32 Å². The standard InChI is InChI=1S/C16H17F2NOS/c1-3-5-14-10(4-2)8-15(21-14)16(20)19-13-9-11(17)6-7-12(13)18/h6-9H,3-5H2,1-2H3,(H,19,20). The number of nitrogens with one attached hydrogen (secondary N) is 1. The van der Waals surface area contributed by atoms with Crippen LogP contribution in [0.25, 0.3) is 0 Å². The molecule has 1 amide bonds. The molecule has 0 saturated carbocycles. The number of carbonyl (C=O) groups excluding carboxylic acids is 1. The van der Waals surface area contributed by atoms with Crippen LogP contribution in [-0.2, 0) is 12.8 Å². The number of anilines is 1. The van der Waals surface area contributed by atoms with Crippen LogP contribution in [0.5, 0.6) is 0 Å². The SMILES string of the molecule is CCCc1sc(C(=O)Nc2cc(F)ccc2F)cc1CC. The molecule has 0 bridgehead atoms. The normalized spacial score (nSPS) is 10.7. The van der Waals surface area contributed by atoms with Gasteiger partial charge in [0.1, 0.15) is 11.6 Å². The first-order valence-electron chi connectivity index (χ1n) is 6.93. The lowest BCUT2D eigenvalue weighted by molar-refractivity contribution is 0.103. The topological polar surface area (TPSA) is 29.1 Å². The molecule has 0 aliphatic rings. The Labute approximate surface area is 126 Å². The van der Waals surface area contributed by atoms with Crippen molar-refractivity contribution in [2.45, 2.75) is 33.1 Å². The van der Waals surface area contributed by atoms with Gasteiger partial charge in [-0.15, -0.1) is 11.3 Å². The first kappa shape index (κ1) is 15.6. The van der Waals surface area contributed by atoms with E-state index in [2.05, 4.69) is 12.2 Å². The summed E-state index contributed by atoms with van der Waals surface area (Å²) in [6.07, 6.45) is 2.79. The van der Waals surface area contributed by atoms with E-state index < -0.39 is 17.5 Å². The minimum absolute atomic E-state index is 0.136. The fourth-order valence-electron chi connectivity index (χ4n) is 2.09. The highest BCUT2D eigenvalue weighted by atomic mass is 32.1. The molecule has 112 valence electrons. The molecule has 2 rings (SSSR count). The van der Waals surface area contributed by atoms with Gasteiger partial charge in [-0.25, -0.2) is 8.78 Å². The van der Waals surface area contributed by atoms with Crippen LogP contribution in [0.1, 0.15) is 40.4 Å². The van der Waals surface area contributed by atoms with Crippen molar-refractivity contribution in [2.24, 2.45) is 0 Å². The molecule has 2 aromatic rings. The van der Waals surface area contributed by atoms with Gasteiger partial charge in [0, 0.05) is 10.9 Å². The van der Waals surface area contributed by atoms with Crippen molar-refractivity contribution in [3.8, 4) is 0 Å². The van der Waals surface area contributed by atoms with Gasteiger partial charge >= 0.3 is 0 Å². The average Bonchev–Trinajstić information content (AvgIpc) is 2.86. The zero-order chi connectivity index (χ0) is 15.4. The number of thiophene rings is 1. The number of aryl methyl sites for hydroxylation is 2. The fraction of sp³-hybridized carbons (Fsp3) is 0.312. The Morgan fingerprint density at radius 1 is 1.24 bits per heavy atom. The van der Waals surface area contributed by atoms with Crippen LogP contribution >= 0.6 is 11.3 Å². The molecule has 0 aliphatic heterocycles. The molecule has 2 nitrogen and oxygen atoms in total. The van der Waals surface area contributed by atoms with Crippen LogP contribution in [0.2, 0.25) is 0 Å². The quantitative estimate of drug-likeness (QED) is 0.845. The molecule has 1 aromatic carbocycles. The first-order chi connectivity index (χ1) is 10.0. The van der Waals surface area contributed by atoms with E-state index in [0.29, 0.717) is 4.88 Å². The van der Waals surface area contributed by atoms with Crippen LogP contribution in [-0.4, -0.2) is 5.91 Å². The molecule has 1 N–H and O–H groups in total. The highest BCUT2D eigenvalue weighted by Crippen LogP contribution is 2.26. The van der Waals surface area contributed by atoms with Gasteiger partial charge in [0.25, 0.3) is 5.91 Å². The van der Waals surface area contributed by atoms with Gasteiger partial charge in [-0.2, -0.15) is 0 Å². The van der Waals surface area contributed by atoms with Crippen LogP contribution in [0.3, 0.4) is 0 Å². The van der Waals surface area contributed by atoms with Crippen molar-refractivity contribution >= 4 is 22.9 Å². The first-order valence-corrected chi connectivity index (χ1v) is 7.74. The maximum Gasteiger partial charge on any atom is 0.265 e. The molecule has 1 aromatic heterocycles. The molecular weight excluding hydrogens is 292 g/mol. The lowest BCUT2D eigenvalue weighted by atomic mass is 10.1. The van der Waals surface area contributed by atoms with E-state index in [4.69, 9.17) is 0 Å². The Hall–Kier alpha value is -1.75. The molecule has 0 aliphatic carbocycles. The molecular formula is C16H17F2NOS. The van der Waals surface area contributed by atoms with Gasteiger partial charge in [0.15, 0.2) is 0 Å². The molecule has 0 fully saturated rings. The summed E-state index contributed by atoms with van der Waals surface area (Å²) in [6, 6.07) is 4.83. The second-order valence-electron chi connectivity index (χ2n) is 4.74. The van der Waals surface area contributed by atoms with Gasteiger partial charge in [-0.3, -0.25) is 4.79 Å². The lowest BCUT2D eigenvalue weighted by Gasteiger charge is -2.04. The molecule has 0 unspecified atom stereocenters. The van der Waals surface area contributed by atoms with Gasteiger partial charge in [-0.05, 0) is 36.6 Å². The predicted molar refractivity (Wildman–Crippen MR) is 82.0 cm³/mol. The molecule has 21 heavy (non-hydrogen) atoms. The number of carbonyl (C=O) groups is 1. The number of halogens is 2. The number of hydrogen-bond donors (Lipinski definition) is 1. The van der Waals surface area contributed by atoms with E-state index in [1.54, 1.807) is 0 Å². The van der Waals surface area contributed by atoms with Crippen molar-refractivity contribution in [2.75, 3.05) is 5.32 Å². The molecule has 5 heteroatoms. The largest absolute Gasteiger partial charge is 0.319 e. The van der Waals surface area contributed by atoms with E-state index in [0.717, 1.165) is 43.0 Å². The number of benzene rings is 1.